The molecule has 1 aromatic carbocycles. The van der Waals surface area contributed by atoms with Gasteiger partial charge in [-0.3, -0.25) is 14.5 Å². The summed E-state index contributed by atoms with van der Waals surface area (Å²) in [6.45, 7) is 7.29. The van der Waals surface area contributed by atoms with Crippen LogP contribution in [0.5, 0.6) is 0 Å². The molecule has 0 bridgehead atoms. The van der Waals surface area contributed by atoms with E-state index in [9.17, 15) is 9.59 Å². The Morgan fingerprint density at radius 1 is 1.14 bits per heavy atom. The summed E-state index contributed by atoms with van der Waals surface area (Å²) < 4.78 is 7.44. The monoisotopic (exact) mass is 483 g/mol. The lowest BCUT2D eigenvalue weighted by Crippen LogP contribution is -2.48. The van der Waals surface area contributed by atoms with E-state index >= 15 is 0 Å². The largest absolute Gasteiger partial charge is 0.465 e. The summed E-state index contributed by atoms with van der Waals surface area (Å²) in [4.78, 5) is 29.6. The molecule has 4 rings (SSSR count). The topological polar surface area (TPSA) is 99.7 Å². The van der Waals surface area contributed by atoms with Gasteiger partial charge in [-0.2, -0.15) is 0 Å². The molecule has 3 heterocycles. The van der Waals surface area contributed by atoms with E-state index in [-0.39, 0.29) is 30.5 Å². The van der Waals surface area contributed by atoms with Crippen molar-refractivity contribution in [3.05, 3.63) is 35.5 Å². The fraction of sp³-hybridized carbons (Fsp3) is 0.615. The zero-order valence-electron chi connectivity index (χ0n) is 20.9. The second-order valence-electron chi connectivity index (χ2n) is 9.46. The van der Waals surface area contributed by atoms with Gasteiger partial charge in [-0.25, -0.2) is 0 Å². The lowest BCUT2D eigenvalue weighted by Gasteiger charge is -2.31. The Morgan fingerprint density at radius 2 is 1.97 bits per heavy atom. The highest BCUT2D eigenvalue weighted by Gasteiger charge is 2.38. The minimum Gasteiger partial charge on any atom is -0.465 e. The van der Waals surface area contributed by atoms with E-state index in [1.165, 1.54) is 11.1 Å². The first-order valence-electron chi connectivity index (χ1n) is 12.9. The molecule has 0 saturated carbocycles. The number of ether oxygens (including phenoxy) is 1. The highest BCUT2D eigenvalue weighted by atomic mass is 16.5. The van der Waals surface area contributed by atoms with Crippen LogP contribution < -0.4 is 0 Å². The van der Waals surface area contributed by atoms with Crippen LogP contribution in [-0.2, 0) is 33.8 Å². The molecule has 0 aliphatic carbocycles. The summed E-state index contributed by atoms with van der Waals surface area (Å²) >= 11 is 0. The van der Waals surface area contributed by atoms with Gasteiger partial charge >= 0.3 is 5.97 Å². The third-order valence-corrected chi connectivity index (χ3v) is 7.37. The molecular weight excluding hydrogens is 446 g/mol. The number of carbonyl (C=O) groups excluding carboxylic acids is 2. The van der Waals surface area contributed by atoms with E-state index in [0.717, 1.165) is 69.2 Å². The van der Waals surface area contributed by atoms with Gasteiger partial charge in [0.25, 0.3) is 0 Å². The zero-order valence-corrected chi connectivity index (χ0v) is 20.9. The van der Waals surface area contributed by atoms with Gasteiger partial charge in [-0.05, 0) is 82.0 Å². The first-order valence-corrected chi connectivity index (χ1v) is 12.9. The minimum absolute atomic E-state index is 0.174. The van der Waals surface area contributed by atoms with E-state index in [0.29, 0.717) is 13.2 Å². The van der Waals surface area contributed by atoms with Crippen LogP contribution in [0, 0.1) is 0 Å². The molecule has 0 unspecified atom stereocenters. The van der Waals surface area contributed by atoms with Gasteiger partial charge in [-0.15, -0.1) is 5.11 Å². The van der Waals surface area contributed by atoms with E-state index in [4.69, 9.17) is 9.94 Å². The van der Waals surface area contributed by atoms with Crippen molar-refractivity contribution >= 4 is 22.8 Å². The van der Waals surface area contributed by atoms with E-state index in [1.807, 2.05) is 11.0 Å². The average molecular weight is 484 g/mol. The molecule has 9 heteroatoms. The van der Waals surface area contributed by atoms with E-state index in [1.54, 1.807) is 6.92 Å². The number of esters is 1. The Balaban J connectivity index is 1.43. The summed E-state index contributed by atoms with van der Waals surface area (Å²) in [5.41, 5.74) is 3.44. The van der Waals surface area contributed by atoms with Crippen molar-refractivity contribution in [1.82, 2.24) is 14.4 Å². The fourth-order valence-corrected chi connectivity index (χ4v) is 5.75. The molecule has 0 radical (unpaired) electrons. The van der Waals surface area contributed by atoms with Crippen LogP contribution in [-0.4, -0.2) is 69.8 Å². The first-order chi connectivity index (χ1) is 17.0. The predicted octanol–water partition coefficient (Wildman–Crippen LogP) is 3.95. The molecule has 35 heavy (non-hydrogen) atoms. The van der Waals surface area contributed by atoms with Crippen LogP contribution in [0.4, 0.5) is 0 Å². The third-order valence-electron chi connectivity index (χ3n) is 7.37. The summed E-state index contributed by atoms with van der Waals surface area (Å²) in [6, 6.07) is 8.49. The number of likely N-dealkylation sites (tertiary alicyclic amines) is 2. The molecule has 2 aromatic rings. The maximum absolute atomic E-state index is 13.5. The second kappa shape index (κ2) is 11.7. The molecule has 190 valence electrons. The van der Waals surface area contributed by atoms with Crippen LogP contribution in [0.25, 0.3) is 10.9 Å². The molecule has 2 aliphatic heterocycles. The lowest BCUT2D eigenvalue weighted by atomic mass is 10.1. The number of aromatic nitrogens is 1. The summed E-state index contributed by atoms with van der Waals surface area (Å²) in [6.07, 6.45) is 5.63. The SMILES string of the molecule is CCOC(=O)CN1CCC[C@@H]1C(=O)N1CCC[C@H]1CCc1cc2ccc(CN=NO)cc2n1CC. The molecule has 2 saturated heterocycles. The van der Waals surface area contributed by atoms with Crippen LogP contribution in [0.15, 0.2) is 34.7 Å². The number of aryl methyl sites for hydroxylation is 2. The van der Waals surface area contributed by atoms with Crippen molar-refractivity contribution < 1.29 is 19.5 Å². The summed E-state index contributed by atoms with van der Waals surface area (Å²) in [5, 5.41) is 16.4. The number of carbonyl (C=O) groups is 2. The molecule has 2 atom stereocenters. The summed E-state index contributed by atoms with van der Waals surface area (Å²) in [7, 11) is 0. The van der Waals surface area contributed by atoms with Crippen molar-refractivity contribution in [2.24, 2.45) is 10.4 Å². The number of nitrogens with zero attached hydrogens (tertiary/aromatic N) is 5. The quantitative estimate of drug-likeness (QED) is 0.313. The van der Waals surface area contributed by atoms with E-state index in [2.05, 4.69) is 45.0 Å². The Labute approximate surface area is 206 Å². The molecule has 1 amide bonds. The van der Waals surface area contributed by atoms with Crippen LogP contribution in [0.3, 0.4) is 0 Å². The normalized spacial score (nSPS) is 20.9. The molecule has 1 aromatic heterocycles. The van der Waals surface area contributed by atoms with Crippen LogP contribution >= 0.6 is 0 Å². The number of hydrogen-bond donors (Lipinski definition) is 1. The van der Waals surface area contributed by atoms with Crippen molar-refractivity contribution in [3.8, 4) is 0 Å². The third kappa shape index (κ3) is 5.66. The van der Waals surface area contributed by atoms with Gasteiger partial charge in [-0.1, -0.05) is 12.1 Å². The second-order valence-corrected chi connectivity index (χ2v) is 9.46. The molecule has 0 spiro atoms. The first kappa shape index (κ1) is 25.2. The molecule has 2 fully saturated rings. The van der Waals surface area contributed by atoms with Gasteiger partial charge in [0.2, 0.25) is 5.91 Å². The lowest BCUT2D eigenvalue weighted by molar-refractivity contribution is -0.146. The maximum Gasteiger partial charge on any atom is 0.320 e. The van der Waals surface area contributed by atoms with E-state index < -0.39 is 0 Å². The van der Waals surface area contributed by atoms with Gasteiger partial charge in [0.1, 0.15) is 0 Å². The number of amides is 1. The number of fused-ring (bicyclic) bond motifs is 1. The van der Waals surface area contributed by atoms with Crippen molar-refractivity contribution in [3.63, 3.8) is 0 Å². The smallest absolute Gasteiger partial charge is 0.320 e. The molecular formula is C26H37N5O4. The maximum atomic E-state index is 13.5. The molecule has 2 aliphatic rings. The molecule has 1 N–H and O–H groups in total. The average Bonchev–Trinajstić information content (AvgIpc) is 3.59. The Kier molecular flexibility index (Phi) is 8.38. The standard InChI is InChI=1S/C26H37N5O4/c1-3-30-22(16-20-10-9-19(15-24(20)30)17-27-28-34)12-11-21-7-5-14-31(21)26(33)23-8-6-13-29(23)18-25(32)35-4-2/h9-10,15-16,21,23H,3-8,11-14,17-18H2,1-2H3,(H,27,34)/t21-,23+/m0/s1. The Morgan fingerprint density at radius 3 is 2.74 bits per heavy atom. The van der Waals surface area contributed by atoms with Crippen molar-refractivity contribution in [1.29, 1.82) is 0 Å². The number of rotatable bonds is 10. The summed E-state index contributed by atoms with van der Waals surface area (Å²) in [5.74, 6) is -0.0758. The fourth-order valence-electron chi connectivity index (χ4n) is 5.75. The minimum atomic E-state index is -0.250. The highest BCUT2D eigenvalue weighted by molar-refractivity contribution is 5.84. The van der Waals surface area contributed by atoms with Crippen LogP contribution in [0.2, 0.25) is 0 Å². The molecule has 9 nitrogen and oxygen atoms in total. The van der Waals surface area contributed by atoms with Gasteiger partial charge in [0.15, 0.2) is 0 Å². The predicted molar refractivity (Wildman–Crippen MR) is 132 cm³/mol. The highest BCUT2D eigenvalue weighted by Crippen LogP contribution is 2.29. The zero-order chi connectivity index (χ0) is 24.8. The van der Waals surface area contributed by atoms with Gasteiger partial charge in [0.05, 0.1) is 25.7 Å². The van der Waals surface area contributed by atoms with Crippen LogP contribution in [0.1, 0.15) is 57.2 Å². The number of hydrogen-bond acceptors (Lipinski definition) is 6. The Hall–Kier alpha value is -2.94. The van der Waals surface area contributed by atoms with Crippen molar-refractivity contribution in [2.75, 3.05) is 26.2 Å². The Bertz CT molecular complexity index is 1070. The van der Waals surface area contributed by atoms with Gasteiger partial charge < -0.3 is 19.4 Å². The van der Waals surface area contributed by atoms with Crippen molar-refractivity contribution in [2.45, 2.75) is 77.5 Å². The number of benzene rings is 1. The van der Waals surface area contributed by atoms with Gasteiger partial charge in [0, 0.05) is 35.6 Å².